The number of halogens is 1. The summed E-state index contributed by atoms with van der Waals surface area (Å²) < 4.78 is 7.54. The van der Waals surface area contributed by atoms with Gasteiger partial charge in [0.15, 0.2) is 0 Å². The summed E-state index contributed by atoms with van der Waals surface area (Å²) in [5, 5.41) is 6.43. The van der Waals surface area contributed by atoms with Crippen molar-refractivity contribution in [3.05, 3.63) is 35.5 Å². The van der Waals surface area contributed by atoms with Crippen LogP contribution in [0, 0.1) is 0 Å². The van der Waals surface area contributed by atoms with Gasteiger partial charge in [-0.3, -0.25) is 0 Å². The third-order valence-electron chi connectivity index (χ3n) is 4.30. The number of rotatable bonds is 2. The first-order valence-electron chi connectivity index (χ1n) is 7.62. The molecule has 1 aromatic carbocycles. The molecule has 0 spiro atoms. The molecule has 2 atom stereocenters. The second kappa shape index (κ2) is 5.78. The van der Waals surface area contributed by atoms with E-state index >= 15 is 0 Å². The van der Waals surface area contributed by atoms with Crippen molar-refractivity contribution in [3.8, 4) is 11.3 Å². The molecule has 1 fully saturated rings. The molecule has 0 radical (unpaired) electrons. The Morgan fingerprint density at radius 1 is 1.26 bits per heavy atom. The van der Waals surface area contributed by atoms with E-state index in [0.717, 1.165) is 39.5 Å². The molecule has 2 unspecified atom stereocenters. The van der Waals surface area contributed by atoms with E-state index in [2.05, 4.69) is 18.7 Å². The molecule has 1 aliphatic rings. The summed E-state index contributed by atoms with van der Waals surface area (Å²) in [5.41, 5.74) is 1.96. The van der Waals surface area contributed by atoms with Gasteiger partial charge in [-0.25, -0.2) is 9.50 Å². The molecule has 7 heteroatoms. The Kier molecular flexibility index (Phi) is 3.75. The highest BCUT2D eigenvalue weighted by Crippen LogP contribution is 2.30. The van der Waals surface area contributed by atoms with Crippen molar-refractivity contribution in [1.29, 1.82) is 0 Å². The number of benzene rings is 1. The minimum absolute atomic E-state index is 0.213. The van der Waals surface area contributed by atoms with Crippen LogP contribution < -0.4 is 4.90 Å². The molecule has 0 aliphatic carbocycles. The Bertz CT molecular complexity index is 797. The molecule has 0 amide bonds. The van der Waals surface area contributed by atoms with Crippen molar-refractivity contribution in [2.24, 2.45) is 0 Å². The van der Waals surface area contributed by atoms with Crippen molar-refractivity contribution < 1.29 is 4.74 Å². The molecular formula is C16H17ClN4OS. The van der Waals surface area contributed by atoms with E-state index in [9.17, 15) is 0 Å². The molecule has 3 aromatic rings. The summed E-state index contributed by atoms with van der Waals surface area (Å²) in [6.45, 7) is 5.89. The lowest BCUT2D eigenvalue weighted by atomic mass is 10.1. The Hall–Kier alpha value is -1.63. The minimum atomic E-state index is 0.213. The van der Waals surface area contributed by atoms with Gasteiger partial charge in [0.05, 0.1) is 30.6 Å². The minimum Gasteiger partial charge on any atom is -0.375 e. The van der Waals surface area contributed by atoms with E-state index in [1.165, 1.54) is 0 Å². The van der Waals surface area contributed by atoms with E-state index in [1.54, 1.807) is 11.3 Å². The second-order valence-corrected chi connectivity index (χ2v) is 7.13. The molecule has 0 saturated carbocycles. The molecule has 0 bridgehead atoms. The first-order chi connectivity index (χ1) is 11.1. The molecule has 0 N–H and O–H groups in total. The van der Waals surface area contributed by atoms with E-state index in [-0.39, 0.29) is 6.10 Å². The number of hydrogen-bond acceptors (Lipinski definition) is 5. The van der Waals surface area contributed by atoms with Crippen LogP contribution in [0.25, 0.3) is 16.2 Å². The van der Waals surface area contributed by atoms with Gasteiger partial charge in [0.25, 0.3) is 0 Å². The SMILES string of the molecule is CC1OCCN(c2nn3cc(-c4ccc(Cl)cc4)nc3s2)C1C. The Morgan fingerprint density at radius 3 is 2.78 bits per heavy atom. The summed E-state index contributed by atoms with van der Waals surface area (Å²) in [6.07, 6.45) is 2.18. The van der Waals surface area contributed by atoms with Crippen LogP contribution in [0.4, 0.5) is 5.13 Å². The highest BCUT2D eigenvalue weighted by Gasteiger charge is 2.28. The van der Waals surface area contributed by atoms with E-state index in [4.69, 9.17) is 26.4 Å². The summed E-state index contributed by atoms with van der Waals surface area (Å²) in [5.74, 6) is 0. The molecule has 23 heavy (non-hydrogen) atoms. The fourth-order valence-corrected chi connectivity index (χ4v) is 3.89. The highest BCUT2D eigenvalue weighted by atomic mass is 35.5. The van der Waals surface area contributed by atoms with Gasteiger partial charge in [-0.1, -0.05) is 35.1 Å². The molecule has 1 saturated heterocycles. The van der Waals surface area contributed by atoms with Crippen molar-refractivity contribution in [1.82, 2.24) is 14.6 Å². The van der Waals surface area contributed by atoms with Crippen molar-refractivity contribution in [2.75, 3.05) is 18.1 Å². The van der Waals surface area contributed by atoms with Gasteiger partial charge in [0.1, 0.15) is 0 Å². The zero-order valence-electron chi connectivity index (χ0n) is 12.9. The van der Waals surface area contributed by atoms with Crippen LogP contribution >= 0.6 is 22.9 Å². The number of ether oxygens (including phenoxy) is 1. The maximum atomic E-state index is 5.94. The quantitative estimate of drug-likeness (QED) is 0.707. The number of imidazole rings is 1. The van der Waals surface area contributed by atoms with E-state index < -0.39 is 0 Å². The molecule has 2 aromatic heterocycles. The largest absolute Gasteiger partial charge is 0.375 e. The van der Waals surface area contributed by atoms with Crippen LogP contribution in [0.5, 0.6) is 0 Å². The van der Waals surface area contributed by atoms with Crippen LogP contribution in [-0.4, -0.2) is 39.9 Å². The third kappa shape index (κ3) is 2.71. The van der Waals surface area contributed by atoms with Gasteiger partial charge in [0, 0.05) is 17.1 Å². The van der Waals surface area contributed by atoms with Crippen molar-refractivity contribution in [2.45, 2.75) is 26.0 Å². The molecular weight excluding hydrogens is 332 g/mol. The Labute approximate surface area is 143 Å². The molecule has 4 rings (SSSR count). The first kappa shape index (κ1) is 14.9. The fourth-order valence-electron chi connectivity index (χ4n) is 2.77. The van der Waals surface area contributed by atoms with Crippen LogP contribution in [0.1, 0.15) is 13.8 Å². The van der Waals surface area contributed by atoms with Crippen LogP contribution in [0.3, 0.4) is 0 Å². The summed E-state index contributed by atoms with van der Waals surface area (Å²) in [4.78, 5) is 7.89. The number of hydrogen-bond donors (Lipinski definition) is 0. The highest BCUT2D eigenvalue weighted by molar-refractivity contribution is 7.20. The van der Waals surface area contributed by atoms with Crippen LogP contribution in [0.2, 0.25) is 5.02 Å². The van der Waals surface area contributed by atoms with Crippen molar-refractivity contribution >= 4 is 33.0 Å². The van der Waals surface area contributed by atoms with E-state index in [0.29, 0.717) is 6.04 Å². The maximum Gasteiger partial charge on any atom is 0.214 e. The Morgan fingerprint density at radius 2 is 2.04 bits per heavy atom. The first-order valence-corrected chi connectivity index (χ1v) is 8.81. The van der Waals surface area contributed by atoms with Gasteiger partial charge in [-0.05, 0) is 26.0 Å². The zero-order valence-corrected chi connectivity index (χ0v) is 14.5. The predicted octanol–water partition coefficient (Wildman–Crippen LogP) is 3.72. The average molecular weight is 349 g/mol. The topological polar surface area (TPSA) is 42.7 Å². The lowest BCUT2D eigenvalue weighted by Gasteiger charge is -2.37. The van der Waals surface area contributed by atoms with Gasteiger partial charge >= 0.3 is 0 Å². The smallest absolute Gasteiger partial charge is 0.214 e. The molecule has 3 heterocycles. The predicted molar refractivity (Wildman–Crippen MR) is 93.5 cm³/mol. The molecule has 1 aliphatic heterocycles. The summed E-state index contributed by atoms with van der Waals surface area (Å²) in [7, 11) is 0. The van der Waals surface area contributed by atoms with Gasteiger partial charge in [-0.2, -0.15) is 0 Å². The Balaban J connectivity index is 1.65. The summed E-state index contributed by atoms with van der Waals surface area (Å²) >= 11 is 7.55. The third-order valence-corrected chi connectivity index (χ3v) is 5.51. The number of fused-ring (bicyclic) bond motifs is 1. The maximum absolute atomic E-state index is 5.94. The van der Waals surface area contributed by atoms with Crippen molar-refractivity contribution in [3.63, 3.8) is 0 Å². The van der Waals surface area contributed by atoms with Gasteiger partial charge in [0.2, 0.25) is 10.1 Å². The summed E-state index contributed by atoms with van der Waals surface area (Å²) in [6, 6.07) is 8.01. The number of morpholine rings is 1. The average Bonchev–Trinajstić information content (AvgIpc) is 3.09. The fraction of sp³-hybridized carbons (Fsp3) is 0.375. The van der Waals surface area contributed by atoms with Gasteiger partial charge < -0.3 is 9.64 Å². The van der Waals surface area contributed by atoms with Crippen LogP contribution in [0.15, 0.2) is 30.5 Å². The number of aromatic nitrogens is 3. The number of nitrogens with zero attached hydrogens (tertiary/aromatic N) is 4. The normalized spacial score (nSPS) is 22.0. The lowest BCUT2D eigenvalue weighted by Crippen LogP contribution is -2.48. The van der Waals surface area contributed by atoms with E-state index in [1.807, 2.05) is 35.0 Å². The van der Waals surface area contributed by atoms with Gasteiger partial charge in [-0.15, -0.1) is 5.10 Å². The molecule has 120 valence electrons. The van der Waals surface area contributed by atoms with Crippen LogP contribution in [-0.2, 0) is 4.74 Å². The molecule has 5 nitrogen and oxygen atoms in total. The zero-order chi connectivity index (χ0) is 16.0. The number of anilines is 1. The monoisotopic (exact) mass is 348 g/mol. The lowest BCUT2D eigenvalue weighted by molar-refractivity contribution is 0.0284. The standard InChI is InChI=1S/C16H17ClN4OS/c1-10-11(2)22-8-7-20(10)16-19-21-9-14(18-15(21)23-16)12-3-5-13(17)6-4-12/h3-6,9-11H,7-8H2,1-2H3. The second-order valence-electron chi connectivity index (χ2n) is 5.75.